The van der Waals surface area contributed by atoms with Crippen LogP contribution in [0.4, 0.5) is 0 Å². The second-order valence-corrected chi connectivity index (χ2v) is 5.48. The van der Waals surface area contributed by atoms with Crippen LogP contribution in [0, 0.1) is 5.92 Å². The molecular formula is C15H22N2. The van der Waals surface area contributed by atoms with Crippen molar-refractivity contribution in [2.45, 2.75) is 32.4 Å². The molecule has 0 aliphatic carbocycles. The summed E-state index contributed by atoms with van der Waals surface area (Å²) in [6.07, 6.45) is 4.15. The Bertz CT molecular complexity index is 344. The van der Waals surface area contributed by atoms with Crippen LogP contribution in [-0.4, -0.2) is 24.5 Å². The minimum Gasteiger partial charge on any atom is -0.316 e. The number of benzene rings is 1. The van der Waals surface area contributed by atoms with Crippen LogP contribution in [0.3, 0.4) is 0 Å². The predicted molar refractivity (Wildman–Crippen MR) is 70.8 cm³/mol. The molecule has 17 heavy (non-hydrogen) atoms. The Balaban J connectivity index is 1.43. The van der Waals surface area contributed by atoms with E-state index in [-0.39, 0.29) is 0 Å². The third-order valence-corrected chi connectivity index (χ3v) is 4.16. The predicted octanol–water partition coefficient (Wildman–Crippen LogP) is 2.39. The third-order valence-electron chi connectivity index (χ3n) is 4.16. The summed E-state index contributed by atoms with van der Waals surface area (Å²) in [5, 5.41) is 3.45. The van der Waals surface area contributed by atoms with Crippen LogP contribution >= 0.6 is 0 Å². The van der Waals surface area contributed by atoms with E-state index in [0.29, 0.717) is 0 Å². The third kappa shape index (κ3) is 2.70. The minimum atomic E-state index is 0.944. The van der Waals surface area contributed by atoms with E-state index in [2.05, 4.69) is 34.5 Å². The number of nitrogens with one attached hydrogen (secondary N) is 1. The lowest BCUT2D eigenvalue weighted by Gasteiger charge is -2.16. The minimum absolute atomic E-state index is 0.944. The molecule has 2 aliphatic heterocycles. The van der Waals surface area contributed by atoms with Crippen molar-refractivity contribution < 1.29 is 0 Å². The molecule has 0 spiro atoms. The van der Waals surface area contributed by atoms with Gasteiger partial charge in [0.25, 0.3) is 0 Å². The zero-order valence-corrected chi connectivity index (χ0v) is 10.5. The molecule has 2 aliphatic rings. The number of hydrogen-bond donors (Lipinski definition) is 1. The summed E-state index contributed by atoms with van der Waals surface area (Å²) in [7, 11) is 0. The Labute approximate surface area is 104 Å². The van der Waals surface area contributed by atoms with E-state index in [1.54, 1.807) is 0 Å². The quantitative estimate of drug-likeness (QED) is 0.854. The molecule has 2 heterocycles. The zero-order chi connectivity index (χ0) is 11.5. The van der Waals surface area contributed by atoms with Crippen molar-refractivity contribution in [3.05, 3.63) is 35.4 Å². The highest BCUT2D eigenvalue weighted by Gasteiger charge is 2.19. The normalized spacial score (nSPS) is 24.1. The van der Waals surface area contributed by atoms with E-state index in [4.69, 9.17) is 0 Å². The molecule has 3 rings (SSSR count). The van der Waals surface area contributed by atoms with Crippen LogP contribution in [-0.2, 0) is 13.1 Å². The Morgan fingerprint density at radius 1 is 1.18 bits per heavy atom. The van der Waals surface area contributed by atoms with E-state index >= 15 is 0 Å². The maximum absolute atomic E-state index is 3.45. The summed E-state index contributed by atoms with van der Waals surface area (Å²) in [6.45, 7) is 6.09. The molecule has 1 saturated heterocycles. The Kier molecular flexibility index (Phi) is 3.44. The van der Waals surface area contributed by atoms with Gasteiger partial charge in [-0.25, -0.2) is 0 Å². The molecule has 0 aromatic heterocycles. The summed E-state index contributed by atoms with van der Waals surface area (Å²) in [6, 6.07) is 8.87. The highest BCUT2D eigenvalue weighted by molar-refractivity contribution is 5.30. The fraction of sp³-hybridized carbons (Fsp3) is 0.600. The van der Waals surface area contributed by atoms with Crippen molar-refractivity contribution in [1.82, 2.24) is 10.2 Å². The Morgan fingerprint density at radius 2 is 1.94 bits per heavy atom. The summed E-state index contributed by atoms with van der Waals surface area (Å²) >= 11 is 0. The molecule has 1 aromatic rings. The van der Waals surface area contributed by atoms with Crippen LogP contribution < -0.4 is 5.32 Å². The second-order valence-electron chi connectivity index (χ2n) is 5.48. The molecule has 0 amide bonds. The lowest BCUT2D eigenvalue weighted by atomic mass is 10.0. The molecule has 1 N–H and O–H groups in total. The smallest absolute Gasteiger partial charge is 0.0240 e. The van der Waals surface area contributed by atoms with Crippen molar-refractivity contribution in [3.8, 4) is 0 Å². The van der Waals surface area contributed by atoms with Gasteiger partial charge in [-0.05, 0) is 55.9 Å². The largest absolute Gasteiger partial charge is 0.316 e. The van der Waals surface area contributed by atoms with Crippen molar-refractivity contribution >= 4 is 0 Å². The Morgan fingerprint density at radius 3 is 2.59 bits per heavy atom. The van der Waals surface area contributed by atoms with E-state index < -0.39 is 0 Å². The van der Waals surface area contributed by atoms with Crippen LogP contribution in [0.15, 0.2) is 24.3 Å². The topological polar surface area (TPSA) is 15.3 Å². The maximum Gasteiger partial charge on any atom is 0.0240 e. The molecule has 1 unspecified atom stereocenters. The van der Waals surface area contributed by atoms with E-state index in [1.165, 1.54) is 63.1 Å². The first kappa shape index (κ1) is 11.2. The number of hydrogen-bond acceptors (Lipinski definition) is 2. The van der Waals surface area contributed by atoms with Gasteiger partial charge in [0.15, 0.2) is 0 Å². The fourth-order valence-electron chi connectivity index (χ4n) is 3.13. The van der Waals surface area contributed by atoms with Gasteiger partial charge in [-0.15, -0.1) is 0 Å². The van der Waals surface area contributed by atoms with Crippen LogP contribution in [0.2, 0.25) is 0 Å². The fourth-order valence-corrected chi connectivity index (χ4v) is 3.13. The first-order chi connectivity index (χ1) is 8.42. The molecule has 1 aromatic carbocycles. The van der Waals surface area contributed by atoms with Gasteiger partial charge in [-0.3, -0.25) is 4.90 Å². The standard InChI is InChI=1S/C15H22N2/c1-2-6-15-12-17(11-14(15)5-1)9-3-4-13-7-8-16-10-13/h1-2,5-6,13,16H,3-4,7-12H2. The van der Waals surface area contributed by atoms with Gasteiger partial charge < -0.3 is 5.32 Å². The van der Waals surface area contributed by atoms with Gasteiger partial charge in [0.05, 0.1) is 0 Å². The Hall–Kier alpha value is -0.860. The highest BCUT2D eigenvalue weighted by atomic mass is 15.1. The number of rotatable bonds is 4. The molecule has 0 bridgehead atoms. The lowest BCUT2D eigenvalue weighted by molar-refractivity contribution is 0.270. The van der Waals surface area contributed by atoms with Crippen LogP contribution in [0.25, 0.3) is 0 Å². The lowest BCUT2D eigenvalue weighted by Crippen LogP contribution is -2.19. The van der Waals surface area contributed by atoms with E-state index in [9.17, 15) is 0 Å². The van der Waals surface area contributed by atoms with Crippen molar-refractivity contribution in [2.24, 2.45) is 5.92 Å². The van der Waals surface area contributed by atoms with Gasteiger partial charge in [-0.1, -0.05) is 24.3 Å². The van der Waals surface area contributed by atoms with Gasteiger partial charge in [0.2, 0.25) is 0 Å². The SMILES string of the molecule is c1ccc2c(c1)CN(CCCC1CCNC1)C2. The number of fused-ring (bicyclic) bond motifs is 1. The molecule has 1 atom stereocenters. The second kappa shape index (κ2) is 5.19. The van der Waals surface area contributed by atoms with Crippen LogP contribution in [0.5, 0.6) is 0 Å². The maximum atomic E-state index is 3.45. The van der Waals surface area contributed by atoms with Crippen molar-refractivity contribution in [3.63, 3.8) is 0 Å². The molecule has 1 fully saturated rings. The molecule has 92 valence electrons. The zero-order valence-electron chi connectivity index (χ0n) is 10.5. The molecular weight excluding hydrogens is 208 g/mol. The average Bonchev–Trinajstić information content (AvgIpc) is 2.96. The van der Waals surface area contributed by atoms with Gasteiger partial charge in [0, 0.05) is 13.1 Å². The van der Waals surface area contributed by atoms with E-state index in [0.717, 1.165) is 5.92 Å². The monoisotopic (exact) mass is 230 g/mol. The molecule has 0 radical (unpaired) electrons. The molecule has 0 saturated carbocycles. The highest BCUT2D eigenvalue weighted by Crippen LogP contribution is 2.23. The summed E-state index contributed by atoms with van der Waals surface area (Å²) in [4.78, 5) is 2.59. The first-order valence-electron chi connectivity index (χ1n) is 6.91. The van der Waals surface area contributed by atoms with Gasteiger partial charge in [-0.2, -0.15) is 0 Å². The average molecular weight is 230 g/mol. The van der Waals surface area contributed by atoms with Crippen molar-refractivity contribution in [2.75, 3.05) is 19.6 Å². The summed E-state index contributed by atoms with van der Waals surface area (Å²) < 4.78 is 0. The van der Waals surface area contributed by atoms with Gasteiger partial charge in [0.1, 0.15) is 0 Å². The molecule has 2 nitrogen and oxygen atoms in total. The van der Waals surface area contributed by atoms with E-state index in [1.807, 2.05) is 0 Å². The number of nitrogens with zero attached hydrogens (tertiary/aromatic N) is 1. The first-order valence-corrected chi connectivity index (χ1v) is 6.91. The van der Waals surface area contributed by atoms with Crippen LogP contribution in [0.1, 0.15) is 30.4 Å². The van der Waals surface area contributed by atoms with Gasteiger partial charge >= 0.3 is 0 Å². The van der Waals surface area contributed by atoms with Crippen molar-refractivity contribution in [1.29, 1.82) is 0 Å². The summed E-state index contributed by atoms with van der Waals surface area (Å²) in [5.41, 5.74) is 3.07. The summed E-state index contributed by atoms with van der Waals surface area (Å²) in [5.74, 6) is 0.944. The molecule has 2 heteroatoms.